The molecule has 0 saturated carbocycles. The van der Waals surface area contributed by atoms with Crippen LogP contribution in [0.4, 0.5) is 0 Å². The number of hydrogen-bond acceptors (Lipinski definition) is 1. The lowest BCUT2D eigenvalue weighted by Crippen LogP contribution is -2.20. The first-order valence-corrected chi connectivity index (χ1v) is 5.40. The largest absolute Gasteiger partial charge is 0.385 e. The molecular formula is C11H14Cl2O. The van der Waals surface area contributed by atoms with Gasteiger partial charge in [0, 0.05) is 10.0 Å². The van der Waals surface area contributed by atoms with Crippen LogP contribution >= 0.6 is 23.2 Å². The maximum Gasteiger partial charge on any atom is 0.0869 e. The molecule has 3 heteroatoms. The van der Waals surface area contributed by atoms with Gasteiger partial charge in [-0.3, -0.25) is 0 Å². The summed E-state index contributed by atoms with van der Waals surface area (Å²) in [5.41, 5.74) is -0.0691. The van der Waals surface area contributed by atoms with Crippen LogP contribution in [-0.4, -0.2) is 5.11 Å². The van der Waals surface area contributed by atoms with Gasteiger partial charge >= 0.3 is 0 Å². The fraction of sp³-hybridized carbons (Fsp3) is 0.455. The highest BCUT2D eigenvalue weighted by Crippen LogP contribution is 2.30. The molecule has 0 radical (unpaired) electrons. The molecule has 0 spiro atoms. The third kappa shape index (κ3) is 2.88. The van der Waals surface area contributed by atoms with Gasteiger partial charge in [-0.1, -0.05) is 36.5 Å². The van der Waals surface area contributed by atoms with Crippen molar-refractivity contribution < 1.29 is 5.11 Å². The minimum Gasteiger partial charge on any atom is -0.385 e. The summed E-state index contributed by atoms with van der Waals surface area (Å²) in [4.78, 5) is 0. The summed E-state index contributed by atoms with van der Waals surface area (Å²) in [6, 6.07) is 5.17. The van der Waals surface area contributed by atoms with Crippen molar-refractivity contribution in [3.8, 4) is 0 Å². The minimum atomic E-state index is -0.844. The Morgan fingerprint density at radius 3 is 2.14 bits per heavy atom. The first-order valence-electron chi connectivity index (χ1n) is 4.64. The Bertz CT molecular complexity index is 301. The Kier molecular flexibility index (Phi) is 3.82. The lowest BCUT2D eigenvalue weighted by molar-refractivity contribution is 0.0470. The van der Waals surface area contributed by atoms with Gasteiger partial charge in [-0.2, -0.15) is 0 Å². The molecule has 0 amide bonds. The molecule has 0 heterocycles. The van der Waals surface area contributed by atoms with E-state index in [1.165, 1.54) is 0 Å². The van der Waals surface area contributed by atoms with Crippen molar-refractivity contribution in [2.24, 2.45) is 0 Å². The van der Waals surface area contributed by atoms with E-state index in [0.29, 0.717) is 16.5 Å². The molecule has 0 aromatic heterocycles. The van der Waals surface area contributed by atoms with Crippen LogP contribution < -0.4 is 0 Å². The Hall–Kier alpha value is -0.240. The van der Waals surface area contributed by atoms with E-state index < -0.39 is 5.60 Å². The van der Waals surface area contributed by atoms with E-state index >= 15 is 0 Å². The Morgan fingerprint density at radius 1 is 1.21 bits per heavy atom. The lowest BCUT2D eigenvalue weighted by atomic mass is 9.91. The first kappa shape index (κ1) is 11.8. The van der Waals surface area contributed by atoms with Gasteiger partial charge in [0.2, 0.25) is 0 Å². The fourth-order valence-corrected chi connectivity index (χ4v) is 2.02. The van der Waals surface area contributed by atoms with E-state index in [1.807, 2.05) is 6.92 Å². The number of aliphatic hydroxyl groups is 1. The molecule has 78 valence electrons. The van der Waals surface area contributed by atoms with Gasteiger partial charge in [0.15, 0.2) is 0 Å². The van der Waals surface area contributed by atoms with Gasteiger partial charge in [0.1, 0.15) is 0 Å². The SMILES string of the molecule is CCC[C@](C)(O)c1cc(Cl)cc(Cl)c1. The molecule has 0 bridgehead atoms. The second-order valence-electron chi connectivity index (χ2n) is 3.68. The molecule has 0 aliphatic rings. The normalized spacial score (nSPS) is 15.2. The highest BCUT2D eigenvalue weighted by Gasteiger charge is 2.22. The third-order valence-corrected chi connectivity index (χ3v) is 2.66. The van der Waals surface area contributed by atoms with Crippen LogP contribution in [0.25, 0.3) is 0 Å². The molecule has 0 saturated heterocycles. The molecule has 14 heavy (non-hydrogen) atoms. The maximum absolute atomic E-state index is 10.1. The third-order valence-electron chi connectivity index (χ3n) is 2.22. The zero-order chi connectivity index (χ0) is 10.8. The predicted molar refractivity (Wildman–Crippen MR) is 60.9 cm³/mol. The average molecular weight is 233 g/mol. The van der Waals surface area contributed by atoms with Gasteiger partial charge in [-0.25, -0.2) is 0 Å². The highest BCUT2D eigenvalue weighted by atomic mass is 35.5. The second-order valence-corrected chi connectivity index (χ2v) is 4.55. The standard InChI is InChI=1S/C11H14Cl2O/c1-3-4-11(2,14)8-5-9(12)7-10(13)6-8/h5-7,14H,3-4H2,1-2H3/t11-/m0/s1. The van der Waals surface area contributed by atoms with Crippen LogP contribution in [0.1, 0.15) is 32.3 Å². The Morgan fingerprint density at radius 2 is 1.71 bits per heavy atom. The molecule has 1 atom stereocenters. The Balaban J connectivity index is 3.05. The summed E-state index contributed by atoms with van der Waals surface area (Å²) < 4.78 is 0. The molecule has 0 unspecified atom stereocenters. The van der Waals surface area contributed by atoms with Gasteiger partial charge < -0.3 is 5.11 Å². The zero-order valence-electron chi connectivity index (χ0n) is 8.35. The van der Waals surface area contributed by atoms with Crippen molar-refractivity contribution >= 4 is 23.2 Å². The van der Waals surface area contributed by atoms with Gasteiger partial charge in [-0.15, -0.1) is 0 Å². The van der Waals surface area contributed by atoms with Crippen molar-refractivity contribution in [3.63, 3.8) is 0 Å². The first-order chi connectivity index (χ1) is 6.45. The summed E-state index contributed by atoms with van der Waals surface area (Å²) in [5.74, 6) is 0. The number of benzene rings is 1. The molecule has 0 aliphatic carbocycles. The predicted octanol–water partition coefficient (Wildman–Crippen LogP) is 4.00. The van der Waals surface area contributed by atoms with E-state index in [0.717, 1.165) is 12.0 Å². The van der Waals surface area contributed by atoms with Crippen LogP contribution in [0.5, 0.6) is 0 Å². The van der Waals surface area contributed by atoms with Gasteiger partial charge in [0.05, 0.1) is 5.60 Å². The maximum atomic E-state index is 10.1. The summed E-state index contributed by atoms with van der Waals surface area (Å²) in [7, 11) is 0. The minimum absolute atomic E-state index is 0.559. The summed E-state index contributed by atoms with van der Waals surface area (Å²) in [6.07, 6.45) is 1.61. The fourth-order valence-electron chi connectivity index (χ4n) is 1.50. The second kappa shape index (κ2) is 4.52. The molecule has 1 aromatic carbocycles. The van der Waals surface area contributed by atoms with Crippen molar-refractivity contribution in [2.75, 3.05) is 0 Å². The van der Waals surface area contributed by atoms with E-state index in [9.17, 15) is 5.11 Å². The smallest absolute Gasteiger partial charge is 0.0869 e. The Labute approximate surface area is 94.7 Å². The van der Waals surface area contributed by atoms with E-state index in [2.05, 4.69) is 0 Å². The van der Waals surface area contributed by atoms with Crippen LogP contribution in [0.15, 0.2) is 18.2 Å². The summed E-state index contributed by atoms with van der Waals surface area (Å²) in [6.45, 7) is 3.80. The molecule has 1 rings (SSSR count). The van der Waals surface area contributed by atoms with Crippen LogP contribution in [0.2, 0.25) is 10.0 Å². The molecular weight excluding hydrogens is 219 g/mol. The number of halogens is 2. The molecule has 0 fully saturated rings. The van der Waals surface area contributed by atoms with Crippen molar-refractivity contribution in [2.45, 2.75) is 32.3 Å². The average Bonchev–Trinajstić information content (AvgIpc) is 2.02. The lowest BCUT2D eigenvalue weighted by Gasteiger charge is -2.23. The van der Waals surface area contributed by atoms with E-state index in [1.54, 1.807) is 25.1 Å². The van der Waals surface area contributed by atoms with E-state index in [4.69, 9.17) is 23.2 Å². The van der Waals surface area contributed by atoms with E-state index in [-0.39, 0.29) is 0 Å². The van der Waals surface area contributed by atoms with Crippen LogP contribution in [0.3, 0.4) is 0 Å². The van der Waals surface area contributed by atoms with Crippen LogP contribution in [0, 0.1) is 0 Å². The van der Waals surface area contributed by atoms with Crippen molar-refractivity contribution in [3.05, 3.63) is 33.8 Å². The topological polar surface area (TPSA) is 20.2 Å². The monoisotopic (exact) mass is 232 g/mol. The van der Waals surface area contributed by atoms with Crippen molar-refractivity contribution in [1.29, 1.82) is 0 Å². The van der Waals surface area contributed by atoms with Crippen LogP contribution in [-0.2, 0) is 5.60 Å². The quantitative estimate of drug-likeness (QED) is 0.836. The molecule has 1 nitrogen and oxygen atoms in total. The molecule has 0 aliphatic heterocycles. The highest BCUT2D eigenvalue weighted by molar-refractivity contribution is 6.34. The van der Waals surface area contributed by atoms with Gasteiger partial charge in [0.25, 0.3) is 0 Å². The number of hydrogen-bond donors (Lipinski definition) is 1. The number of rotatable bonds is 3. The molecule has 1 aromatic rings. The molecule has 1 N–H and O–H groups in total. The summed E-state index contributed by atoms with van der Waals surface area (Å²) >= 11 is 11.7. The summed E-state index contributed by atoms with van der Waals surface area (Å²) in [5, 5.41) is 11.2. The van der Waals surface area contributed by atoms with Crippen molar-refractivity contribution in [1.82, 2.24) is 0 Å². The zero-order valence-corrected chi connectivity index (χ0v) is 9.86. The van der Waals surface area contributed by atoms with Gasteiger partial charge in [-0.05, 0) is 37.1 Å².